The second-order valence-corrected chi connectivity index (χ2v) is 5.90. The highest BCUT2D eigenvalue weighted by Crippen LogP contribution is 2.36. The van der Waals surface area contributed by atoms with Crippen molar-refractivity contribution >= 4 is 29.1 Å². The number of aromatic nitrogens is 2. The Morgan fingerprint density at radius 2 is 2.14 bits per heavy atom. The Morgan fingerprint density at radius 3 is 2.90 bits per heavy atom. The second-order valence-electron chi connectivity index (χ2n) is 5.13. The van der Waals surface area contributed by atoms with Crippen LogP contribution in [-0.4, -0.2) is 22.3 Å². The lowest BCUT2D eigenvalue weighted by Gasteiger charge is -2.36. The third-order valence-corrected chi connectivity index (χ3v) is 4.34. The smallest absolute Gasteiger partial charge is 0.191 e. The van der Waals surface area contributed by atoms with Crippen LogP contribution in [-0.2, 0) is 6.42 Å². The number of hydrazine groups is 1. The van der Waals surface area contributed by atoms with Gasteiger partial charge in [-0.2, -0.15) is 0 Å². The second kappa shape index (κ2) is 5.91. The Kier molecular flexibility index (Phi) is 3.98. The summed E-state index contributed by atoms with van der Waals surface area (Å²) in [5.41, 5.74) is 5.22. The number of para-hydroxylation sites is 1. The molecular weight excluding hydrogens is 282 g/mol. The monoisotopic (exact) mass is 301 g/mol. The predicted molar refractivity (Wildman–Crippen MR) is 88.0 cm³/mol. The van der Waals surface area contributed by atoms with Gasteiger partial charge < -0.3 is 10.3 Å². The van der Waals surface area contributed by atoms with Gasteiger partial charge in [0.2, 0.25) is 0 Å². The van der Waals surface area contributed by atoms with Gasteiger partial charge in [0, 0.05) is 17.8 Å². The highest BCUT2D eigenvalue weighted by atomic mass is 32.2. The first kappa shape index (κ1) is 14.2. The van der Waals surface area contributed by atoms with E-state index in [0.717, 1.165) is 23.8 Å². The van der Waals surface area contributed by atoms with Crippen LogP contribution in [0.5, 0.6) is 0 Å². The Balaban J connectivity index is 2.11. The molecule has 2 heterocycles. The van der Waals surface area contributed by atoms with Crippen molar-refractivity contribution in [2.45, 2.75) is 31.0 Å². The zero-order valence-electron chi connectivity index (χ0n) is 12.2. The molecule has 1 aromatic carbocycles. The van der Waals surface area contributed by atoms with Gasteiger partial charge in [-0.3, -0.25) is 0 Å². The molecular formula is C15H19N5S. The van der Waals surface area contributed by atoms with E-state index >= 15 is 0 Å². The molecule has 0 spiro atoms. The molecule has 0 bridgehead atoms. The SMILES string of the molecule is CSc1nc(NN)cc(N2c3ccccc3CCC2C)n1. The van der Waals surface area contributed by atoms with Gasteiger partial charge in [-0.15, -0.1) is 0 Å². The molecule has 0 saturated heterocycles. The number of aryl methyl sites for hydroxylation is 1. The molecule has 1 atom stereocenters. The first-order chi connectivity index (χ1) is 10.2. The Labute approximate surface area is 128 Å². The Bertz CT molecular complexity index is 623. The Hall–Kier alpha value is -1.79. The molecule has 110 valence electrons. The van der Waals surface area contributed by atoms with Gasteiger partial charge in [0.15, 0.2) is 5.16 Å². The van der Waals surface area contributed by atoms with Crippen LogP contribution >= 0.6 is 11.8 Å². The number of thioether (sulfide) groups is 1. The molecule has 3 rings (SSSR count). The maximum atomic E-state index is 5.53. The van der Waals surface area contributed by atoms with Crippen molar-refractivity contribution in [2.24, 2.45) is 5.84 Å². The number of anilines is 3. The summed E-state index contributed by atoms with van der Waals surface area (Å²) in [6.45, 7) is 2.23. The fourth-order valence-corrected chi connectivity index (χ4v) is 3.11. The van der Waals surface area contributed by atoms with Gasteiger partial charge in [-0.1, -0.05) is 30.0 Å². The molecule has 6 heteroatoms. The molecule has 0 amide bonds. The van der Waals surface area contributed by atoms with Crippen molar-refractivity contribution in [1.82, 2.24) is 9.97 Å². The quantitative estimate of drug-likeness (QED) is 0.393. The van der Waals surface area contributed by atoms with Gasteiger partial charge in [-0.05, 0) is 37.7 Å². The first-order valence-electron chi connectivity index (χ1n) is 6.99. The molecule has 0 saturated carbocycles. The van der Waals surface area contributed by atoms with Gasteiger partial charge in [0.1, 0.15) is 11.6 Å². The zero-order valence-corrected chi connectivity index (χ0v) is 13.0. The molecule has 5 nitrogen and oxygen atoms in total. The van der Waals surface area contributed by atoms with E-state index < -0.39 is 0 Å². The number of nitrogen functional groups attached to an aromatic ring is 1. The van der Waals surface area contributed by atoms with Crippen molar-refractivity contribution in [2.75, 3.05) is 16.6 Å². The summed E-state index contributed by atoms with van der Waals surface area (Å²) in [6, 6.07) is 10.8. The lowest BCUT2D eigenvalue weighted by Crippen LogP contribution is -2.34. The maximum absolute atomic E-state index is 5.53. The molecule has 0 fully saturated rings. The molecule has 1 aromatic heterocycles. The molecule has 1 aliphatic rings. The van der Waals surface area contributed by atoms with Gasteiger partial charge in [0.25, 0.3) is 0 Å². The van der Waals surface area contributed by atoms with Crippen molar-refractivity contribution < 1.29 is 0 Å². The van der Waals surface area contributed by atoms with Crippen LogP contribution in [0, 0.1) is 0 Å². The zero-order chi connectivity index (χ0) is 14.8. The van der Waals surface area contributed by atoms with Crippen molar-refractivity contribution in [3.63, 3.8) is 0 Å². The van der Waals surface area contributed by atoms with Crippen molar-refractivity contribution in [1.29, 1.82) is 0 Å². The molecule has 3 N–H and O–H groups in total. The number of fused-ring (bicyclic) bond motifs is 1. The average molecular weight is 301 g/mol. The van der Waals surface area contributed by atoms with Crippen LogP contribution in [0.2, 0.25) is 0 Å². The van der Waals surface area contributed by atoms with E-state index in [4.69, 9.17) is 5.84 Å². The minimum absolute atomic E-state index is 0.398. The average Bonchev–Trinajstić information content (AvgIpc) is 2.54. The van der Waals surface area contributed by atoms with Crippen LogP contribution in [0.25, 0.3) is 0 Å². The Morgan fingerprint density at radius 1 is 1.33 bits per heavy atom. The van der Waals surface area contributed by atoms with Gasteiger partial charge >= 0.3 is 0 Å². The van der Waals surface area contributed by atoms with E-state index in [1.807, 2.05) is 12.3 Å². The third kappa shape index (κ3) is 2.69. The molecule has 1 unspecified atom stereocenters. The minimum Gasteiger partial charge on any atom is -0.323 e. The topological polar surface area (TPSA) is 67.1 Å². The lowest BCUT2D eigenvalue weighted by molar-refractivity contribution is 0.611. The number of nitrogens with one attached hydrogen (secondary N) is 1. The van der Waals surface area contributed by atoms with Crippen LogP contribution in [0.15, 0.2) is 35.5 Å². The number of hydrogen-bond donors (Lipinski definition) is 2. The molecule has 21 heavy (non-hydrogen) atoms. The van der Waals surface area contributed by atoms with Crippen molar-refractivity contribution in [3.05, 3.63) is 35.9 Å². The number of nitrogens with zero attached hydrogens (tertiary/aromatic N) is 3. The number of hydrogen-bond acceptors (Lipinski definition) is 6. The van der Waals surface area contributed by atoms with Gasteiger partial charge in [0.05, 0.1) is 0 Å². The maximum Gasteiger partial charge on any atom is 0.191 e. The van der Waals surface area contributed by atoms with Crippen LogP contribution < -0.4 is 16.2 Å². The normalized spacial score (nSPS) is 17.5. The highest BCUT2D eigenvalue weighted by molar-refractivity contribution is 7.98. The van der Waals surface area contributed by atoms with Crippen molar-refractivity contribution in [3.8, 4) is 0 Å². The largest absolute Gasteiger partial charge is 0.323 e. The van der Waals surface area contributed by atoms with Crippen LogP contribution in [0.4, 0.5) is 17.3 Å². The molecule has 0 aliphatic carbocycles. The van der Waals surface area contributed by atoms with E-state index in [-0.39, 0.29) is 0 Å². The summed E-state index contributed by atoms with van der Waals surface area (Å²) in [5.74, 6) is 7.06. The van der Waals surface area contributed by atoms with E-state index in [1.54, 1.807) is 0 Å². The lowest BCUT2D eigenvalue weighted by atomic mass is 9.97. The highest BCUT2D eigenvalue weighted by Gasteiger charge is 2.25. The molecule has 1 aliphatic heterocycles. The van der Waals surface area contributed by atoms with E-state index in [2.05, 4.69) is 51.5 Å². The summed E-state index contributed by atoms with van der Waals surface area (Å²) >= 11 is 1.51. The first-order valence-corrected chi connectivity index (χ1v) is 8.22. The molecule has 2 aromatic rings. The van der Waals surface area contributed by atoms with E-state index in [9.17, 15) is 0 Å². The standard InChI is InChI=1S/C15H19N5S/c1-10-7-8-11-5-3-4-6-12(11)20(10)14-9-13(19-16)17-15(18-14)21-2/h3-6,9-10H,7-8,16H2,1-2H3,(H,17,18,19). The summed E-state index contributed by atoms with van der Waals surface area (Å²) in [7, 11) is 0. The summed E-state index contributed by atoms with van der Waals surface area (Å²) in [4.78, 5) is 11.3. The summed E-state index contributed by atoms with van der Waals surface area (Å²) < 4.78 is 0. The number of rotatable bonds is 3. The third-order valence-electron chi connectivity index (χ3n) is 3.79. The summed E-state index contributed by atoms with van der Waals surface area (Å²) in [6.07, 6.45) is 4.18. The number of benzene rings is 1. The van der Waals surface area contributed by atoms with Crippen LogP contribution in [0.1, 0.15) is 18.9 Å². The van der Waals surface area contributed by atoms with Gasteiger partial charge in [-0.25, -0.2) is 15.8 Å². The van der Waals surface area contributed by atoms with Crippen LogP contribution in [0.3, 0.4) is 0 Å². The predicted octanol–water partition coefficient (Wildman–Crippen LogP) is 2.96. The number of nitrogens with two attached hydrogens (primary N) is 1. The summed E-state index contributed by atoms with van der Waals surface area (Å²) in [5, 5.41) is 0.718. The fraction of sp³-hybridized carbons (Fsp3) is 0.333. The van der Waals surface area contributed by atoms with E-state index in [0.29, 0.717) is 11.9 Å². The van der Waals surface area contributed by atoms with E-state index in [1.165, 1.54) is 23.0 Å². The minimum atomic E-state index is 0.398. The molecule has 0 radical (unpaired) electrons. The fourth-order valence-electron chi connectivity index (χ4n) is 2.74.